The highest BCUT2D eigenvalue weighted by molar-refractivity contribution is 6.01. The summed E-state index contributed by atoms with van der Waals surface area (Å²) in [6.45, 7) is 9.35. The van der Waals surface area contributed by atoms with E-state index in [1.54, 1.807) is 12.0 Å². The van der Waals surface area contributed by atoms with Crippen molar-refractivity contribution in [2.75, 3.05) is 44.7 Å². The standard InChI is InChI=1S/C20H27N3O3.ClH/c1-15-12-20(2,3)23(18-6-5-16(26-4)11-17(15)18)19(25)13-21-7-9-22(14-24)10-8-21;/h5-6,11-12,14H,7-10,13H2,1-4H3;1H. The summed E-state index contributed by atoms with van der Waals surface area (Å²) in [5, 5.41) is 0. The second kappa shape index (κ2) is 8.31. The van der Waals surface area contributed by atoms with Gasteiger partial charge in [0, 0.05) is 31.7 Å². The van der Waals surface area contributed by atoms with E-state index >= 15 is 0 Å². The van der Waals surface area contributed by atoms with E-state index in [1.165, 1.54) is 0 Å². The van der Waals surface area contributed by atoms with E-state index in [9.17, 15) is 9.59 Å². The quantitative estimate of drug-likeness (QED) is 0.737. The highest BCUT2D eigenvalue weighted by Crippen LogP contribution is 2.40. The number of benzene rings is 1. The van der Waals surface area contributed by atoms with Crippen LogP contribution >= 0.6 is 12.4 Å². The molecule has 0 saturated carbocycles. The Morgan fingerprint density at radius 2 is 1.89 bits per heavy atom. The molecule has 0 N–H and O–H groups in total. The zero-order valence-corrected chi connectivity index (χ0v) is 17.2. The summed E-state index contributed by atoms with van der Waals surface area (Å²) < 4.78 is 5.35. The van der Waals surface area contributed by atoms with Gasteiger partial charge >= 0.3 is 0 Å². The molecule has 0 bridgehead atoms. The fourth-order valence-corrected chi connectivity index (χ4v) is 3.88. The minimum atomic E-state index is -0.395. The lowest BCUT2D eigenvalue weighted by Crippen LogP contribution is -2.54. The van der Waals surface area contributed by atoms with Crippen LogP contribution in [0, 0.1) is 0 Å². The van der Waals surface area contributed by atoms with Gasteiger partial charge in [-0.05, 0) is 44.5 Å². The molecule has 3 rings (SSSR count). The first-order chi connectivity index (χ1) is 12.4. The van der Waals surface area contributed by atoms with Gasteiger partial charge in [0.25, 0.3) is 0 Å². The van der Waals surface area contributed by atoms with E-state index in [2.05, 4.69) is 31.7 Å². The maximum atomic E-state index is 13.2. The molecule has 2 amide bonds. The number of piperazine rings is 1. The first kappa shape index (κ1) is 21.3. The van der Waals surface area contributed by atoms with Gasteiger partial charge in [-0.25, -0.2) is 0 Å². The number of anilines is 1. The first-order valence-electron chi connectivity index (χ1n) is 8.98. The number of amides is 2. The molecule has 1 fully saturated rings. The van der Waals surface area contributed by atoms with Gasteiger partial charge in [0.1, 0.15) is 5.75 Å². The Labute approximate surface area is 167 Å². The average Bonchev–Trinajstić information content (AvgIpc) is 2.61. The number of rotatable bonds is 4. The number of nitrogens with zero attached hydrogens (tertiary/aromatic N) is 3. The van der Waals surface area contributed by atoms with Crippen LogP contribution < -0.4 is 9.64 Å². The van der Waals surface area contributed by atoms with Gasteiger partial charge in [0.2, 0.25) is 12.3 Å². The van der Waals surface area contributed by atoms with Crippen LogP contribution in [0.1, 0.15) is 26.3 Å². The van der Waals surface area contributed by atoms with E-state index in [1.807, 2.05) is 23.1 Å². The van der Waals surface area contributed by atoms with Gasteiger partial charge in [-0.3, -0.25) is 14.5 Å². The van der Waals surface area contributed by atoms with Crippen molar-refractivity contribution >= 4 is 36.0 Å². The van der Waals surface area contributed by atoms with Gasteiger partial charge < -0.3 is 14.5 Å². The largest absolute Gasteiger partial charge is 0.497 e. The summed E-state index contributed by atoms with van der Waals surface area (Å²) in [6.07, 6.45) is 3.01. The number of fused-ring (bicyclic) bond motifs is 1. The van der Waals surface area contributed by atoms with Crippen LogP contribution in [-0.2, 0) is 9.59 Å². The van der Waals surface area contributed by atoms with Crippen molar-refractivity contribution in [1.29, 1.82) is 0 Å². The Bertz CT molecular complexity index is 740. The monoisotopic (exact) mass is 393 g/mol. The minimum absolute atomic E-state index is 0. The van der Waals surface area contributed by atoms with Crippen LogP contribution in [0.15, 0.2) is 24.3 Å². The fourth-order valence-electron chi connectivity index (χ4n) is 3.88. The van der Waals surface area contributed by atoms with E-state index in [0.717, 1.165) is 42.1 Å². The van der Waals surface area contributed by atoms with Gasteiger partial charge in [-0.15, -0.1) is 12.4 Å². The molecule has 2 aliphatic rings. The molecular formula is C20H28ClN3O3. The van der Waals surface area contributed by atoms with Gasteiger partial charge in [0.05, 0.1) is 24.9 Å². The molecule has 0 aliphatic carbocycles. The molecule has 148 valence electrons. The third-order valence-corrected chi connectivity index (χ3v) is 5.18. The van der Waals surface area contributed by atoms with E-state index < -0.39 is 5.54 Å². The van der Waals surface area contributed by atoms with Crippen molar-refractivity contribution in [1.82, 2.24) is 9.80 Å². The summed E-state index contributed by atoms with van der Waals surface area (Å²) in [5.74, 6) is 0.860. The van der Waals surface area contributed by atoms with Gasteiger partial charge in [-0.2, -0.15) is 0 Å². The zero-order valence-electron chi connectivity index (χ0n) is 16.4. The summed E-state index contributed by atoms with van der Waals surface area (Å²) >= 11 is 0. The number of methoxy groups -OCH3 is 1. The molecule has 6 nitrogen and oxygen atoms in total. The summed E-state index contributed by atoms with van der Waals surface area (Å²) in [5.41, 5.74) is 2.70. The summed E-state index contributed by atoms with van der Waals surface area (Å²) in [4.78, 5) is 29.8. The Hall–Kier alpha value is -2.05. The lowest BCUT2D eigenvalue weighted by atomic mass is 9.88. The van der Waals surface area contributed by atoms with Crippen LogP contribution in [0.3, 0.4) is 0 Å². The molecule has 0 spiro atoms. The van der Waals surface area contributed by atoms with Crippen LogP contribution in [0.5, 0.6) is 5.75 Å². The number of hydrogen-bond donors (Lipinski definition) is 0. The minimum Gasteiger partial charge on any atom is -0.497 e. The molecule has 1 aromatic carbocycles. The van der Waals surface area contributed by atoms with Crippen molar-refractivity contribution in [3.8, 4) is 5.75 Å². The summed E-state index contributed by atoms with van der Waals surface area (Å²) in [6, 6.07) is 5.85. The summed E-state index contributed by atoms with van der Waals surface area (Å²) in [7, 11) is 1.65. The number of halogens is 1. The van der Waals surface area contributed by atoms with E-state index in [4.69, 9.17) is 4.74 Å². The van der Waals surface area contributed by atoms with Gasteiger partial charge in [-0.1, -0.05) is 6.08 Å². The molecule has 2 aliphatic heterocycles. The average molecular weight is 394 g/mol. The van der Waals surface area contributed by atoms with Gasteiger partial charge in [0.15, 0.2) is 0 Å². The highest BCUT2D eigenvalue weighted by Gasteiger charge is 2.36. The molecule has 1 aromatic rings. The van der Waals surface area contributed by atoms with Crippen LogP contribution in [0.2, 0.25) is 0 Å². The topological polar surface area (TPSA) is 53.1 Å². The number of ether oxygens (including phenoxy) is 1. The smallest absolute Gasteiger partial charge is 0.241 e. The van der Waals surface area contributed by atoms with Crippen LogP contribution in [0.4, 0.5) is 5.69 Å². The molecule has 2 heterocycles. The van der Waals surface area contributed by atoms with E-state index in [-0.39, 0.29) is 18.3 Å². The Balaban J connectivity index is 0.00000261. The third-order valence-electron chi connectivity index (χ3n) is 5.18. The molecular weight excluding hydrogens is 366 g/mol. The second-order valence-corrected chi connectivity index (χ2v) is 7.51. The van der Waals surface area contributed by atoms with Crippen molar-refractivity contribution in [3.05, 3.63) is 29.8 Å². The maximum absolute atomic E-state index is 13.2. The number of carbonyl (C=O) groups excluding carboxylic acids is 2. The van der Waals surface area contributed by atoms with E-state index in [0.29, 0.717) is 19.6 Å². The zero-order chi connectivity index (χ0) is 18.9. The number of hydrogen-bond acceptors (Lipinski definition) is 4. The number of carbonyl (C=O) groups is 2. The van der Waals surface area contributed by atoms with Crippen LogP contribution in [-0.4, -0.2) is 67.5 Å². The molecule has 0 radical (unpaired) electrons. The molecule has 7 heteroatoms. The Kier molecular flexibility index (Phi) is 6.54. The van der Waals surface area contributed by atoms with Crippen LogP contribution in [0.25, 0.3) is 5.57 Å². The normalized spacial score (nSPS) is 18.9. The van der Waals surface area contributed by atoms with Crippen molar-refractivity contribution < 1.29 is 14.3 Å². The molecule has 0 atom stereocenters. The van der Waals surface area contributed by atoms with Crippen molar-refractivity contribution in [2.24, 2.45) is 0 Å². The maximum Gasteiger partial charge on any atom is 0.241 e. The lowest BCUT2D eigenvalue weighted by molar-refractivity contribution is -0.122. The number of allylic oxidation sites excluding steroid dienone is 1. The molecule has 0 aromatic heterocycles. The Morgan fingerprint density at radius 1 is 1.22 bits per heavy atom. The lowest BCUT2D eigenvalue weighted by Gasteiger charge is -2.43. The predicted octanol–water partition coefficient (Wildman–Crippen LogP) is 2.42. The second-order valence-electron chi connectivity index (χ2n) is 7.51. The first-order valence-corrected chi connectivity index (χ1v) is 8.98. The highest BCUT2D eigenvalue weighted by atomic mass is 35.5. The molecule has 1 saturated heterocycles. The third kappa shape index (κ3) is 4.28. The van der Waals surface area contributed by atoms with Crippen molar-refractivity contribution in [3.63, 3.8) is 0 Å². The van der Waals surface area contributed by atoms with Crippen molar-refractivity contribution in [2.45, 2.75) is 26.3 Å². The predicted molar refractivity (Wildman–Crippen MR) is 110 cm³/mol. The molecule has 0 unspecified atom stereocenters. The SMILES string of the molecule is COc1ccc2c(c1)C(C)=CC(C)(C)N2C(=O)CN1CCN(C=O)CC1.Cl. The fraction of sp³-hybridized carbons (Fsp3) is 0.500. The Morgan fingerprint density at radius 3 is 2.48 bits per heavy atom. The molecule has 27 heavy (non-hydrogen) atoms.